The number of carboxylic acids is 1. The van der Waals surface area contributed by atoms with Crippen molar-refractivity contribution >= 4 is 23.5 Å². The number of halogens is 1. The number of benzene rings is 1. The molecule has 1 aromatic carbocycles. The maximum absolute atomic E-state index is 12.2. The third kappa shape index (κ3) is 2.73. The van der Waals surface area contributed by atoms with Crippen LogP contribution in [-0.2, 0) is 9.59 Å². The molecule has 1 saturated carbocycles. The molecule has 1 aliphatic rings. The highest BCUT2D eigenvalue weighted by Gasteiger charge is 2.46. The van der Waals surface area contributed by atoms with Gasteiger partial charge in [-0.25, -0.2) is 4.79 Å². The predicted molar refractivity (Wildman–Crippen MR) is 72.2 cm³/mol. The minimum absolute atomic E-state index is 0.115. The van der Waals surface area contributed by atoms with Crippen LogP contribution in [0.1, 0.15) is 24.8 Å². The second kappa shape index (κ2) is 5.21. The minimum Gasteiger partial charge on any atom is -0.480 e. The molecule has 1 N–H and O–H groups in total. The van der Waals surface area contributed by atoms with Gasteiger partial charge in [-0.05, 0) is 30.9 Å². The fraction of sp³-hybridized carbons (Fsp3) is 0.429. The fourth-order valence-corrected chi connectivity index (χ4v) is 2.48. The van der Waals surface area contributed by atoms with E-state index >= 15 is 0 Å². The van der Waals surface area contributed by atoms with Crippen LogP contribution in [-0.4, -0.2) is 35.0 Å². The van der Waals surface area contributed by atoms with Crippen LogP contribution in [0.4, 0.5) is 0 Å². The van der Waals surface area contributed by atoms with Crippen molar-refractivity contribution < 1.29 is 14.7 Å². The van der Waals surface area contributed by atoms with Gasteiger partial charge in [-0.15, -0.1) is 0 Å². The van der Waals surface area contributed by atoms with E-state index in [9.17, 15) is 9.59 Å². The van der Waals surface area contributed by atoms with Gasteiger partial charge in [-0.2, -0.15) is 0 Å². The maximum atomic E-state index is 12.2. The summed E-state index contributed by atoms with van der Waals surface area (Å²) in [6, 6.07) is 6.66. The number of carbonyl (C=O) groups excluding carboxylic acids is 1. The van der Waals surface area contributed by atoms with E-state index in [1.807, 2.05) is 18.2 Å². The standard InChI is InChI=1S/C14H16ClNO3/c1-8(14(18)19)16(2)13(17)11-7-10(11)9-5-3-4-6-12(9)15/h3-6,8,10-11H,7H2,1-2H3,(H,18,19). The lowest BCUT2D eigenvalue weighted by Crippen LogP contribution is -2.41. The topological polar surface area (TPSA) is 57.6 Å². The third-order valence-corrected chi connectivity index (χ3v) is 4.04. The molecule has 1 fully saturated rings. The molecule has 5 heteroatoms. The highest BCUT2D eigenvalue weighted by molar-refractivity contribution is 6.31. The monoisotopic (exact) mass is 281 g/mol. The number of nitrogens with zero attached hydrogens (tertiary/aromatic N) is 1. The summed E-state index contributed by atoms with van der Waals surface area (Å²) in [4.78, 5) is 24.3. The molecule has 1 aliphatic carbocycles. The summed E-state index contributed by atoms with van der Waals surface area (Å²) >= 11 is 6.10. The van der Waals surface area contributed by atoms with Gasteiger partial charge in [0, 0.05) is 18.0 Å². The Labute approximate surface area is 117 Å². The van der Waals surface area contributed by atoms with Crippen molar-refractivity contribution in [3.63, 3.8) is 0 Å². The van der Waals surface area contributed by atoms with Crippen LogP contribution in [0.15, 0.2) is 24.3 Å². The van der Waals surface area contributed by atoms with Gasteiger partial charge < -0.3 is 10.0 Å². The van der Waals surface area contributed by atoms with Crippen molar-refractivity contribution in [2.45, 2.75) is 25.3 Å². The summed E-state index contributed by atoms with van der Waals surface area (Å²) in [6.07, 6.45) is 0.735. The van der Waals surface area contributed by atoms with Crippen molar-refractivity contribution in [3.05, 3.63) is 34.9 Å². The molecule has 0 radical (unpaired) electrons. The Bertz CT molecular complexity index is 517. The van der Waals surface area contributed by atoms with Gasteiger partial charge in [0.25, 0.3) is 0 Å². The van der Waals surface area contributed by atoms with Crippen molar-refractivity contribution in [1.29, 1.82) is 0 Å². The minimum atomic E-state index is -0.995. The molecular weight excluding hydrogens is 266 g/mol. The summed E-state index contributed by atoms with van der Waals surface area (Å²) in [5.41, 5.74) is 0.971. The number of likely N-dealkylation sites (N-methyl/N-ethyl adjacent to an activating group) is 1. The lowest BCUT2D eigenvalue weighted by atomic mass is 10.1. The van der Waals surface area contributed by atoms with E-state index in [1.54, 1.807) is 6.07 Å². The van der Waals surface area contributed by atoms with Crippen LogP contribution >= 0.6 is 11.6 Å². The lowest BCUT2D eigenvalue weighted by Gasteiger charge is -2.21. The average Bonchev–Trinajstić information content (AvgIpc) is 3.16. The Morgan fingerprint density at radius 2 is 2.05 bits per heavy atom. The van der Waals surface area contributed by atoms with Gasteiger partial charge in [0.2, 0.25) is 5.91 Å². The molecule has 3 unspecified atom stereocenters. The molecule has 1 aromatic rings. The molecule has 2 rings (SSSR count). The molecule has 0 heterocycles. The van der Waals surface area contributed by atoms with Gasteiger partial charge in [-0.1, -0.05) is 29.8 Å². The number of carbonyl (C=O) groups is 2. The molecule has 3 atom stereocenters. The van der Waals surface area contributed by atoms with Crippen LogP contribution in [0.5, 0.6) is 0 Å². The number of hydrogen-bond acceptors (Lipinski definition) is 2. The Balaban J connectivity index is 2.05. The summed E-state index contributed by atoms with van der Waals surface area (Å²) in [5, 5.41) is 9.58. The highest BCUT2D eigenvalue weighted by atomic mass is 35.5. The summed E-state index contributed by atoms with van der Waals surface area (Å²) in [7, 11) is 1.53. The van der Waals surface area contributed by atoms with Crippen LogP contribution in [0.3, 0.4) is 0 Å². The van der Waals surface area contributed by atoms with Crippen molar-refractivity contribution in [3.8, 4) is 0 Å². The zero-order chi connectivity index (χ0) is 14.2. The Morgan fingerprint density at radius 3 is 2.63 bits per heavy atom. The molecule has 0 bridgehead atoms. The Hall–Kier alpha value is -1.55. The number of aliphatic carboxylic acids is 1. The van der Waals surface area contributed by atoms with E-state index in [2.05, 4.69) is 0 Å². The molecule has 0 spiro atoms. The van der Waals surface area contributed by atoms with E-state index in [1.165, 1.54) is 18.9 Å². The molecule has 0 aliphatic heterocycles. The van der Waals surface area contributed by atoms with Crippen LogP contribution in [0, 0.1) is 5.92 Å². The smallest absolute Gasteiger partial charge is 0.326 e. The second-order valence-electron chi connectivity index (χ2n) is 4.93. The highest BCUT2D eigenvalue weighted by Crippen LogP contribution is 2.50. The molecule has 0 saturated heterocycles. The largest absolute Gasteiger partial charge is 0.480 e. The van der Waals surface area contributed by atoms with Crippen molar-refractivity contribution in [2.75, 3.05) is 7.05 Å². The first-order valence-electron chi connectivity index (χ1n) is 6.17. The van der Waals surface area contributed by atoms with Gasteiger partial charge in [0.1, 0.15) is 6.04 Å². The quantitative estimate of drug-likeness (QED) is 0.922. The van der Waals surface area contributed by atoms with Crippen molar-refractivity contribution in [2.24, 2.45) is 5.92 Å². The Morgan fingerprint density at radius 1 is 1.42 bits per heavy atom. The fourth-order valence-electron chi connectivity index (χ4n) is 2.21. The first kappa shape index (κ1) is 13.9. The number of rotatable bonds is 4. The third-order valence-electron chi connectivity index (χ3n) is 3.70. The summed E-state index contributed by atoms with van der Waals surface area (Å²) < 4.78 is 0. The zero-order valence-electron chi connectivity index (χ0n) is 10.8. The number of amides is 1. The molecule has 0 aromatic heterocycles. The predicted octanol–water partition coefficient (Wildman–Crippen LogP) is 2.38. The first-order valence-corrected chi connectivity index (χ1v) is 6.55. The van der Waals surface area contributed by atoms with Gasteiger partial charge >= 0.3 is 5.97 Å². The lowest BCUT2D eigenvalue weighted by molar-refractivity contribution is -0.148. The van der Waals surface area contributed by atoms with E-state index in [-0.39, 0.29) is 17.7 Å². The molecular formula is C14H16ClNO3. The van der Waals surface area contributed by atoms with E-state index in [0.29, 0.717) is 5.02 Å². The van der Waals surface area contributed by atoms with Gasteiger partial charge in [-0.3, -0.25) is 4.79 Å². The SMILES string of the molecule is CC(C(=O)O)N(C)C(=O)C1CC1c1ccccc1Cl. The molecule has 1 amide bonds. The summed E-state index contributed by atoms with van der Waals surface area (Å²) in [5.74, 6) is -1.15. The normalized spacial score (nSPS) is 22.7. The van der Waals surface area contributed by atoms with Crippen LogP contribution in [0.2, 0.25) is 5.02 Å². The van der Waals surface area contributed by atoms with Crippen molar-refractivity contribution in [1.82, 2.24) is 4.90 Å². The van der Waals surface area contributed by atoms with E-state index in [4.69, 9.17) is 16.7 Å². The van der Waals surface area contributed by atoms with Gasteiger partial charge in [0.15, 0.2) is 0 Å². The van der Waals surface area contributed by atoms with Crippen LogP contribution in [0.25, 0.3) is 0 Å². The Kier molecular flexibility index (Phi) is 3.80. The average molecular weight is 282 g/mol. The second-order valence-corrected chi connectivity index (χ2v) is 5.34. The molecule has 4 nitrogen and oxygen atoms in total. The molecule has 19 heavy (non-hydrogen) atoms. The number of carboxylic acid groups (broad SMARTS) is 1. The van der Waals surface area contributed by atoms with Crippen LogP contribution < -0.4 is 0 Å². The number of hydrogen-bond donors (Lipinski definition) is 1. The van der Waals surface area contributed by atoms with Gasteiger partial charge in [0.05, 0.1) is 0 Å². The van der Waals surface area contributed by atoms with E-state index < -0.39 is 12.0 Å². The zero-order valence-corrected chi connectivity index (χ0v) is 11.6. The van der Waals surface area contributed by atoms with E-state index in [0.717, 1.165) is 12.0 Å². The summed E-state index contributed by atoms with van der Waals surface area (Å²) in [6.45, 7) is 1.51. The first-order chi connectivity index (χ1) is 8.93. The molecule has 102 valence electrons. The maximum Gasteiger partial charge on any atom is 0.326 e.